The number of benzene rings is 3. The van der Waals surface area contributed by atoms with Crippen molar-refractivity contribution in [2.45, 2.75) is 0 Å². The Morgan fingerprint density at radius 1 is 0.897 bits per heavy atom. The molecule has 0 atom stereocenters. The summed E-state index contributed by atoms with van der Waals surface area (Å²) in [4.78, 5) is 14.8. The van der Waals surface area contributed by atoms with Crippen LogP contribution in [0.1, 0.15) is 0 Å². The van der Waals surface area contributed by atoms with Gasteiger partial charge in [0.15, 0.2) is 0 Å². The van der Waals surface area contributed by atoms with E-state index in [1.165, 1.54) is 12.1 Å². The molecule has 0 saturated carbocycles. The maximum absolute atomic E-state index is 10.9. The molecule has 4 rings (SSSR count). The smallest absolute Gasteiger partial charge is 0.269 e. The summed E-state index contributed by atoms with van der Waals surface area (Å²) in [5, 5.41) is 16.4. The van der Waals surface area contributed by atoms with E-state index in [9.17, 15) is 10.1 Å². The highest BCUT2D eigenvalue weighted by atomic mass is 35.5. The van der Waals surface area contributed by atoms with E-state index in [1.54, 1.807) is 30.3 Å². The Bertz CT molecular complexity index is 1240. The molecule has 0 aliphatic heterocycles. The molecular formula is C21H12Cl3N3O2. The van der Waals surface area contributed by atoms with Gasteiger partial charge in [0.2, 0.25) is 0 Å². The standard InChI is InChI=1S/C21H12Cl3N3O2/c22-13-2-7-16(18(23)10-13)12-1-8-19-17(9-12)20(11-21(24)26-19)25-14-3-5-15(6-4-14)27(28)29/h1-11H,(H,25,26). The van der Waals surface area contributed by atoms with Crippen LogP contribution in [0.3, 0.4) is 0 Å². The normalized spacial score (nSPS) is 10.9. The highest BCUT2D eigenvalue weighted by Gasteiger charge is 2.11. The molecule has 8 heteroatoms. The third-order valence-electron chi connectivity index (χ3n) is 4.38. The highest BCUT2D eigenvalue weighted by Crippen LogP contribution is 2.35. The lowest BCUT2D eigenvalue weighted by Gasteiger charge is -2.12. The first-order chi connectivity index (χ1) is 13.9. The number of anilines is 2. The fourth-order valence-corrected chi connectivity index (χ4v) is 3.73. The predicted molar refractivity (Wildman–Crippen MR) is 119 cm³/mol. The van der Waals surface area contributed by atoms with Crippen molar-refractivity contribution >= 4 is 62.8 Å². The van der Waals surface area contributed by atoms with Gasteiger partial charge in [-0.2, -0.15) is 0 Å². The number of fused-ring (bicyclic) bond motifs is 1. The van der Waals surface area contributed by atoms with E-state index in [-0.39, 0.29) is 5.69 Å². The van der Waals surface area contributed by atoms with Gasteiger partial charge in [-0.15, -0.1) is 0 Å². The van der Waals surface area contributed by atoms with Gasteiger partial charge < -0.3 is 5.32 Å². The first kappa shape index (κ1) is 19.5. The fourth-order valence-electron chi connectivity index (χ4n) is 3.01. The Morgan fingerprint density at radius 3 is 2.34 bits per heavy atom. The molecule has 0 radical (unpaired) electrons. The van der Waals surface area contributed by atoms with Crippen LogP contribution in [0.25, 0.3) is 22.0 Å². The molecule has 1 N–H and O–H groups in total. The largest absolute Gasteiger partial charge is 0.355 e. The van der Waals surface area contributed by atoms with E-state index in [0.29, 0.717) is 26.4 Å². The monoisotopic (exact) mass is 443 g/mol. The molecular weight excluding hydrogens is 433 g/mol. The van der Waals surface area contributed by atoms with Crippen LogP contribution >= 0.6 is 34.8 Å². The summed E-state index contributed by atoms with van der Waals surface area (Å²) >= 11 is 18.5. The van der Waals surface area contributed by atoms with Crippen LogP contribution in [0, 0.1) is 10.1 Å². The number of hydrogen-bond donors (Lipinski definition) is 1. The highest BCUT2D eigenvalue weighted by molar-refractivity contribution is 6.36. The molecule has 0 aliphatic carbocycles. The number of nitrogens with one attached hydrogen (secondary N) is 1. The summed E-state index contributed by atoms with van der Waals surface area (Å²) in [6.07, 6.45) is 0. The van der Waals surface area contributed by atoms with Crippen molar-refractivity contribution in [1.82, 2.24) is 4.98 Å². The van der Waals surface area contributed by atoms with Crippen molar-refractivity contribution in [2.75, 3.05) is 5.32 Å². The Morgan fingerprint density at radius 2 is 1.66 bits per heavy atom. The van der Waals surface area contributed by atoms with E-state index in [1.807, 2.05) is 24.3 Å². The molecule has 0 spiro atoms. The number of nitrogens with zero attached hydrogens (tertiary/aromatic N) is 2. The van der Waals surface area contributed by atoms with Crippen LogP contribution in [0.5, 0.6) is 0 Å². The SMILES string of the molecule is O=[N+]([O-])c1ccc(Nc2cc(Cl)nc3ccc(-c4ccc(Cl)cc4Cl)cc23)cc1. The molecule has 0 unspecified atom stereocenters. The summed E-state index contributed by atoms with van der Waals surface area (Å²) in [5.41, 5.74) is 3.88. The lowest BCUT2D eigenvalue weighted by Crippen LogP contribution is -1.95. The van der Waals surface area contributed by atoms with Gasteiger partial charge in [0.25, 0.3) is 5.69 Å². The summed E-state index contributed by atoms with van der Waals surface area (Å²) in [6.45, 7) is 0. The minimum atomic E-state index is -0.440. The zero-order valence-corrected chi connectivity index (χ0v) is 17.0. The predicted octanol–water partition coefficient (Wildman–Crippen LogP) is 7.51. The fraction of sp³-hybridized carbons (Fsp3) is 0. The van der Waals surface area contributed by atoms with Crippen molar-refractivity contribution in [3.63, 3.8) is 0 Å². The minimum absolute atomic E-state index is 0.0211. The number of hydrogen-bond acceptors (Lipinski definition) is 4. The molecule has 3 aromatic carbocycles. The minimum Gasteiger partial charge on any atom is -0.355 e. The number of nitro benzene ring substituents is 1. The molecule has 1 aromatic heterocycles. The third kappa shape index (κ3) is 4.12. The Labute approximate surface area is 181 Å². The molecule has 0 aliphatic rings. The van der Waals surface area contributed by atoms with Crippen molar-refractivity contribution < 1.29 is 4.92 Å². The topological polar surface area (TPSA) is 68.1 Å². The Hall–Kier alpha value is -2.86. The molecule has 1 heterocycles. The van der Waals surface area contributed by atoms with Crippen molar-refractivity contribution in [1.29, 1.82) is 0 Å². The van der Waals surface area contributed by atoms with Crippen LogP contribution in [0.2, 0.25) is 15.2 Å². The number of pyridine rings is 1. The quantitative estimate of drug-likeness (QED) is 0.201. The van der Waals surface area contributed by atoms with E-state index in [0.717, 1.165) is 22.2 Å². The Kier molecular flexibility index (Phi) is 5.28. The summed E-state index contributed by atoms with van der Waals surface area (Å²) in [7, 11) is 0. The number of rotatable bonds is 4. The number of non-ortho nitro benzene ring substituents is 1. The average Bonchev–Trinajstić information content (AvgIpc) is 2.68. The zero-order valence-electron chi connectivity index (χ0n) is 14.7. The molecule has 0 bridgehead atoms. The Balaban J connectivity index is 1.79. The molecule has 0 amide bonds. The van der Waals surface area contributed by atoms with Crippen molar-refractivity contribution in [3.8, 4) is 11.1 Å². The first-order valence-corrected chi connectivity index (χ1v) is 9.61. The first-order valence-electron chi connectivity index (χ1n) is 8.48. The van der Waals surface area contributed by atoms with Crippen LogP contribution in [0.4, 0.5) is 17.1 Å². The third-order valence-corrected chi connectivity index (χ3v) is 5.12. The summed E-state index contributed by atoms with van der Waals surface area (Å²) in [5.74, 6) is 0. The van der Waals surface area contributed by atoms with Gasteiger partial charge in [0.05, 0.1) is 16.1 Å². The van der Waals surface area contributed by atoms with Gasteiger partial charge >= 0.3 is 0 Å². The molecule has 29 heavy (non-hydrogen) atoms. The maximum atomic E-state index is 10.9. The lowest BCUT2D eigenvalue weighted by molar-refractivity contribution is -0.384. The number of aromatic nitrogens is 1. The van der Waals surface area contributed by atoms with Crippen LogP contribution in [0.15, 0.2) is 66.7 Å². The van der Waals surface area contributed by atoms with Crippen LogP contribution in [-0.2, 0) is 0 Å². The van der Waals surface area contributed by atoms with Crippen molar-refractivity contribution in [2.24, 2.45) is 0 Å². The van der Waals surface area contributed by atoms with Crippen LogP contribution < -0.4 is 5.32 Å². The second-order valence-corrected chi connectivity index (χ2v) is 7.51. The summed E-state index contributed by atoms with van der Waals surface area (Å²) in [6, 6.07) is 18.9. The van der Waals surface area contributed by atoms with E-state index >= 15 is 0 Å². The maximum Gasteiger partial charge on any atom is 0.269 e. The number of nitro groups is 1. The summed E-state index contributed by atoms with van der Waals surface area (Å²) < 4.78 is 0. The second kappa shape index (κ2) is 7.87. The van der Waals surface area contributed by atoms with Crippen molar-refractivity contribution in [3.05, 3.63) is 92.0 Å². The molecule has 0 saturated heterocycles. The van der Waals surface area contributed by atoms with E-state index in [2.05, 4.69) is 10.3 Å². The van der Waals surface area contributed by atoms with E-state index in [4.69, 9.17) is 34.8 Å². The van der Waals surface area contributed by atoms with Gasteiger partial charge in [-0.05, 0) is 48.0 Å². The van der Waals surface area contributed by atoms with Gasteiger partial charge in [0, 0.05) is 38.8 Å². The van der Waals surface area contributed by atoms with Gasteiger partial charge in [-0.3, -0.25) is 10.1 Å². The molecule has 4 aromatic rings. The van der Waals surface area contributed by atoms with Crippen LogP contribution in [-0.4, -0.2) is 9.91 Å². The molecule has 5 nitrogen and oxygen atoms in total. The number of halogens is 3. The average molecular weight is 445 g/mol. The molecule has 0 fully saturated rings. The van der Waals surface area contributed by atoms with Gasteiger partial charge in [-0.1, -0.05) is 46.9 Å². The van der Waals surface area contributed by atoms with E-state index < -0.39 is 4.92 Å². The lowest BCUT2D eigenvalue weighted by atomic mass is 10.0. The second-order valence-electron chi connectivity index (χ2n) is 6.28. The molecule has 144 valence electrons. The van der Waals surface area contributed by atoms with Gasteiger partial charge in [-0.25, -0.2) is 4.98 Å². The van der Waals surface area contributed by atoms with Gasteiger partial charge in [0.1, 0.15) is 5.15 Å². The zero-order chi connectivity index (χ0) is 20.5.